The van der Waals surface area contributed by atoms with Crippen LogP contribution in [0.3, 0.4) is 0 Å². The van der Waals surface area contributed by atoms with Crippen molar-refractivity contribution in [1.29, 1.82) is 0 Å². The predicted molar refractivity (Wildman–Crippen MR) is 72.0 cm³/mol. The summed E-state index contributed by atoms with van der Waals surface area (Å²) >= 11 is 0. The molecule has 0 aliphatic rings. The van der Waals surface area contributed by atoms with Crippen molar-refractivity contribution in [3.05, 3.63) is 35.4 Å². The van der Waals surface area contributed by atoms with Gasteiger partial charge in [-0.25, -0.2) is 0 Å². The largest absolute Gasteiger partial charge is 0.505 e. The van der Waals surface area contributed by atoms with Crippen LogP contribution in [0.4, 0.5) is 0 Å². The van der Waals surface area contributed by atoms with Gasteiger partial charge in [-0.15, -0.1) is 0 Å². The summed E-state index contributed by atoms with van der Waals surface area (Å²) in [6, 6.07) is 8.35. The molecule has 16 heavy (non-hydrogen) atoms. The number of hydrogen-bond donors (Lipinski definition) is 0. The van der Waals surface area contributed by atoms with Crippen molar-refractivity contribution in [2.24, 2.45) is 0 Å². The maximum atomic E-state index is 5.35. The van der Waals surface area contributed by atoms with Gasteiger partial charge in [0.15, 0.2) is 0 Å². The minimum Gasteiger partial charge on any atom is -0.505 e. The molecule has 1 nitrogen and oxygen atoms in total. The van der Waals surface area contributed by atoms with Crippen molar-refractivity contribution in [3.8, 4) is 12.0 Å². The molecule has 0 N–H and O–H groups in total. The quantitative estimate of drug-likeness (QED) is 0.533. The number of benzene rings is 1. The fraction of sp³-hybridized carbons (Fsp3) is 0.429. The normalized spacial score (nSPS) is 10.9. The molecule has 1 aromatic rings. The maximum Gasteiger partial charge on any atom is 0.244 e. The van der Waals surface area contributed by atoms with Crippen molar-refractivity contribution >= 4 is 9.04 Å². The lowest BCUT2D eigenvalue weighted by molar-refractivity contribution is 0.542. The first kappa shape index (κ1) is 12.9. The molecule has 2 heteroatoms. The van der Waals surface area contributed by atoms with E-state index in [-0.39, 0.29) is 5.41 Å². The van der Waals surface area contributed by atoms with Crippen LogP contribution in [0, 0.1) is 12.0 Å². The van der Waals surface area contributed by atoms with E-state index in [9.17, 15) is 0 Å². The first-order valence-corrected chi connectivity index (χ1v) is 8.45. The molecule has 0 fully saturated rings. The third-order valence-corrected chi connectivity index (χ3v) is 2.81. The van der Waals surface area contributed by atoms with E-state index in [1.165, 1.54) is 5.56 Å². The van der Waals surface area contributed by atoms with Crippen LogP contribution in [-0.2, 0) is 9.84 Å². The molecule has 0 saturated heterocycles. The molecule has 0 heterocycles. The first-order chi connectivity index (χ1) is 7.39. The molecule has 0 saturated carbocycles. The Morgan fingerprint density at radius 1 is 1.19 bits per heavy atom. The Balaban J connectivity index is 2.86. The molecule has 86 valence electrons. The molecule has 0 aliphatic heterocycles. The van der Waals surface area contributed by atoms with Crippen LogP contribution in [0.15, 0.2) is 24.3 Å². The highest BCUT2D eigenvalue weighted by atomic mass is 28.3. The molecule has 0 amide bonds. The van der Waals surface area contributed by atoms with Crippen LogP contribution in [0.25, 0.3) is 0 Å². The van der Waals surface area contributed by atoms with Gasteiger partial charge in [-0.05, 0) is 42.1 Å². The highest BCUT2D eigenvalue weighted by molar-refractivity contribution is 6.48. The van der Waals surface area contributed by atoms with Crippen molar-refractivity contribution < 1.29 is 4.43 Å². The van der Waals surface area contributed by atoms with Gasteiger partial charge in [-0.2, -0.15) is 0 Å². The Morgan fingerprint density at radius 3 is 2.44 bits per heavy atom. The third-order valence-electron chi connectivity index (χ3n) is 2.22. The molecule has 0 atom stereocenters. The third kappa shape index (κ3) is 4.12. The van der Waals surface area contributed by atoms with Gasteiger partial charge in [-0.3, -0.25) is 0 Å². The molecule has 0 aliphatic carbocycles. The van der Waals surface area contributed by atoms with Gasteiger partial charge < -0.3 is 4.43 Å². The van der Waals surface area contributed by atoms with Crippen molar-refractivity contribution in [1.82, 2.24) is 0 Å². The Labute approximate surface area is 101 Å². The van der Waals surface area contributed by atoms with Crippen LogP contribution >= 0.6 is 0 Å². The molecule has 0 bridgehead atoms. The Bertz CT molecular complexity index is 405. The van der Waals surface area contributed by atoms with Gasteiger partial charge in [0.05, 0.1) is 6.11 Å². The summed E-state index contributed by atoms with van der Waals surface area (Å²) < 4.78 is 5.35. The second-order valence-electron chi connectivity index (χ2n) is 5.22. The fourth-order valence-corrected chi connectivity index (χ4v) is 1.56. The molecule has 0 spiro atoms. The van der Waals surface area contributed by atoms with E-state index in [1.54, 1.807) is 0 Å². The van der Waals surface area contributed by atoms with Gasteiger partial charge in [0, 0.05) is 5.56 Å². The molecule has 0 radical (unpaired) electrons. The molecular weight excluding hydrogens is 212 g/mol. The average Bonchev–Trinajstić information content (AvgIpc) is 2.16. The topological polar surface area (TPSA) is 9.23 Å². The summed E-state index contributed by atoms with van der Waals surface area (Å²) in [6.45, 7) is 10.8. The zero-order valence-electron chi connectivity index (χ0n) is 10.8. The highest BCUT2D eigenvalue weighted by Crippen LogP contribution is 2.22. The molecule has 0 unspecified atom stereocenters. The lowest BCUT2D eigenvalue weighted by Crippen LogP contribution is -2.10. The lowest BCUT2D eigenvalue weighted by Gasteiger charge is -2.18. The van der Waals surface area contributed by atoms with Crippen LogP contribution in [-0.4, -0.2) is 9.04 Å². The van der Waals surface area contributed by atoms with E-state index < -0.39 is 9.04 Å². The smallest absolute Gasteiger partial charge is 0.244 e. The zero-order valence-corrected chi connectivity index (χ0v) is 11.9. The van der Waals surface area contributed by atoms with E-state index in [1.807, 2.05) is 6.07 Å². The number of hydrogen-bond acceptors (Lipinski definition) is 1. The second-order valence-corrected chi connectivity index (χ2v) is 7.56. The van der Waals surface area contributed by atoms with Crippen LogP contribution in [0.1, 0.15) is 31.9 Å². The van der Waals surface area contributed by atoms with Crippen LogP contribution < -0.4 is 0 Å². The molecule has 0 aromatic heterocycles. The first-order valence-electron chi connectivity index (χ1n) is 5.67. The van der Waals surface area contributed by atoms with Crippen molar-refractivity contribution in [2.45, 2.75) is 39.3 Å². The molecule has 1 rings (SSSR count). The minimum absolute atomic E-state index is 0.172. The Hall–Kier alpha value is -1.20. The van der Waals surface area contributed by atoms with Crippen molar-refractivity contribution in [2.75, 3.05) is 0 Å². The summed E-state index contributed by atoms with van der Waals surface area (Å²) in [5.41, 5.74) is 2.51. The minimum atomic E-state index is -1.03. The summed E-state index contributed by atoms with van der Waals surface area (Å²) in [5.74, 6) is 3.05. The molecule has 1 aromatic carbocycles. The Morgan fingerprint density at radius 2 is 1.88 bits per heavy atom. The average molecular weight is 232 g/mol. The van der Waals surface area contributed by atoms with Gasteiger partial charge >= 0.3 is 0 Å². The van der Waals surface area contributed by atoms with Gasteiger partial charge in [0.2, 0.25) is 9.04 Å². The van der Waals surface area contributed by atoms with E-state index >= 15 is 0 Å². The van der Waals surface area contributed by atoms with Gasteiger partial charge in [-0.1, -0.05) is 32.9 Å². The standard InChI is InChI=1S/C14H20OSi/c1-14(2,3)13-8-6-7-12(11-13)9-10-15-16(4)5/h6-8,11,16H,1-5H3. The Kier molecular flexibility index (Phi) is 4.20. The second kappa shape index (κ2) is 5.22. The fourth-order valence-electron chi connectivity index (χ4n) is 1.27. The summed E-state index contributed by atoms with van der Waals surface area (Å²) in [4.78, 5) is 0. The van der Waals surface area contributed by atoms with E-state index in [2.05, 4.69) is 64.1 Å². The SMILES string of the molecule is C[SiH](C)OC#Cc1cccc(C(C)(C)C)c1. The summed E-state index contributed by atoms with van der Waals surface area (Å²) in [6.07, 6.45) is 2.79. The number of rotatable bonds is 1. The summed E-state index contributed by atoms with van der Waals surface area (Å²) in [5, 5.41) is 0. The van der Waals surface area contributed by atoms with E-state index in [0.717, 1.165) is 5.56 Å². The highest BCUT2D eigenvalue weighted by Gasteiger charge is 2.12. The van der Waals surface area contributed by atoms with Gasteiger partial charge in [0.25, 0.3) is 0 Å². The van der Waals surface area contributed by atoms with Crippen LogP contribution in [0.2, 0.25) is 13.1 Å². The van der Waals surface area contributed by atoms with Gasteiger partial charge in [0.1, 0.15) is 0 Å². The maximum absolute atomic E-state index is 5.35. The predicted octanol–water partition coefficient (Wildman–Crippen LogP) is 3.29. The van der Waals surface area contributed by atoms with E-state index in [4.69, 9.17) is 4.43 Å². The van der Waals surface area contributed by atoms with Crippen molar-refractivity contribution in [3.63, 3.8) is 0 Å². The zero-order chi connectivity index (χ0) is 12.2. The summed E-state index contributed by atoms with van der Waals surface area (Å²) in [7, 11) is -1.03. The monoisotopic (exact) mass is 232 g/mol. The lowest BCUT2D eigenvalue weighted by atomic mass is 9.86. The molecular formula is C14H20OSi. The van der Waals surface area contributed by atoms with Crippen LogP contribution in [0.5, 0.6) is 0 Å². The van der Waals surface area contributed by atoms with E-state index in [0.29, 0.717) is 0 Å².